The molecule has 0 saturated heterocycles. The van der Waals surface area contributed by atoms with Gasteiger partial charge in [0.05, 0.1) is 23.2 Å². The lowest BCUT2D eigenvalue weighted by Gasteiger charge is -2.27. The smallest absolute Gasteiger partial charge is 0.170 e. The molecule has 0 aliphatic carbocycles. The number of ketones is 1. The van der Waals surface area contributed by atoms with Crippen molar-refractivity contribution in [3.05, 3.63) is 95.1 Å². The van der Waals surface area contributed by atoms with Crippen molar-refractivity contribution in [2.45, 2.75) is 25.5 Å². The number of ether oxygens (including phenoxy) is 1. The van der Waals surface area contributed by atoms with Gasteiger partial charge in [0.15, 0.2) is 5.78 Å². The van der Waals surface area contributed by atoms with E-state index in [1.807, 2.05) is 42.5 Å². The average molecular weight is 406 g/mol. The molecule has 31 heavy (non-hydrogen) atoms. The second-order valence-electron chi connectivity index (χ2n) is 8.29. The number of hydrogen-bond donors (Lipinski definition) is 1. The molecule has 0 saturated carbocycles. The molecule has 3 aromatic carbocycles. The predicted molar refractivity (Wildman–Crippen MR) is 121 cm³/mol. The van der Waals surface area contributed by atoms with Crippen molar-refractivity contribution in [2.75, 3.05) is 6.54 Å². The van der Waals surface area contributed by atoms with Gasteiger partial charge in [0.2, 0.25) is 0 Å². The number of hydrogen-bond acceptors (Lipinski definition) is 4. The van der Waals surface area contributed by atoms with Crippen LogP contribution in [0.3, 0.4) is 0 Å². The summed E-state index contributed by atoms with van der Waals surface area (Å²) in [5, 5.41) is 4.51. The summed E-state index contributed by atoms with van der Waals surface area (Å²) in [5.41, 5.74) is 7.21. The van der Waals surface area contributed by atoms with Crippen molar-refractivity contribution < 1.29 is 9.53 Å². The molecule has 0 amide bonds. The van der Waals surface area contributed by atoms with E-state index in [4.69, 9.17) is 9.72 Å². The van der Waals surface area contributed by atoms with Crippen LogP contribution in [0.4, 0.5) is 0 Å². The highest BCUT2D eigenvalue weighted by molar-refractivity contribution is 6.00. The number of Topliss-reactive ketones (excluding diaryl/α,β-unsaturated/α-hetero) is 1. The fourth-order valence-electron chi connectivity index (χ4n) is 4.59. The number of fused-ring (bicyclic) bond motifs is 3. The molecule has 0 radical (unpaired) electrons. The molecule has 2 aliphatic heterocycles. The Kier molecular flexibility index (Phi) is 4.32. The van der Waals surface area contributed by atoms with Crippen LogP contribution in [0.25, 0.3) is 22.2 Å². The summed E-state index contributed by atoms with van der Waals surface area (Å²) in [6, 6.07) is 24.4. The van der Waals surface area contributed by atoms with Gasteiger partial charge in [-0.25, -0.2) is 4.98 Å². The molecule has 1 atom stereocenters. The lowest BCUT2D eigenvalue weighted by atomic mass is 9.91. The quantitative estimate of drug-likeness (QED) is 0.494. The van der Waals surface area contributed by atoms with Crippen LogP contribution in [0.5, 0.6) is 5.75 Å². The molecular weight excluding hydrogens is 384 g/mol. The van der Waals surface area contributed by atoms with Crippen molar-refractivity contribution in [2.24, 2.45) is 0 Å². The summed E-state index contributed by atoms with van der Waals surface area (Å²) in [5.74, 6) is 0.775. The van der Waals surface area contributed by atoms with Crippen LogP contribution in [0.2, 0.25) is 0 Å². The van der Waals surface area contributed by atoms with Gasteiger partial charge < -0.3 is 10.1 Å². The SMILES string of the molecule is O=C1CC(c2ccc3c(c2)CCNC3)Oc2cc(-c3ccc4ccccc4n3)ccc21. The standard InChI is InChI=1S/C27H22N2O2/c30-25-15-26(20-5-6-21-16-28-12-11-18(21)13-20)31-27-14-19(7-9-22(25)27)24-10-8-17-3-1-2-4-23(17)29-24/h1-10,13-14,26,28H,11-12,15-16H2. The Balaban J connectivity index is 1.35. The first-order valence-corrected chi connectivity index (χ1v) is 10.8. The highest BCUT2D eigenvalue weighted by atomic mass is 16.5. The zero-order valence-electron chi connectivity index (χ0n) is 17.1. The summed E-state index contributed by atoms with van der Waals surface area (Å²) in [6.07, 6.45) is 1.13. The van der Waals surface area contributed by atoms with Crippen molar-refractivity contribution in [3.8, 4) is 17.0 Å². The monoisotopic (exact) mass is 406 g/mol. The Morgan fingerprint density at radius 3 is 2.84 bits per heavy atom. The molecule has 152 valence electrons. The lowest BCUT2D eigenvalue weighted by Crippen LogP contribution is -2.25. The number of carbonyl (C=O) groups is 1. The first kappa shape index (κ1) is 18.3. The molecular formula is C27H22N2O2. The molecule has 1 unspecified atom stereocenters. The third kappa shape index (κ3) is 3.29. The van der Waals surface area contributed by atoms with Crippen molar-refractivity contribution in [1.29, 1.82) is 0 Å². The zero-order chi connectivity index (χ0) is 20.8. The summed E-state index contributed by atoms with van der Waals surface area (Å²) >= 11 is 0. The molecule has 1 aromatic heterocycles. The minimum atomic E-state index is -0.250. The lowest BCUT2D eigenvalue weighted by molar-refractivity contribution is 0.0850. The summed E-state index contributed by atoms with van der Waals surface area (Å²) < 4.78 is 6.36. The number of para-hydroxylation sites is 1. The first-order valence-electron chi connectivity index (χ1n) is 10.8. The highest BCUT2D eigenvalue weighted by Gasteiger charge is 2.28. The Labute approximate surface area is 180 Å². The van der Waals surface area contributed by atoms with E-state index in [0.717, 1.165) is 47.2 Å². The van der Waals surface area contributed by atoms with Crippen LogP contribution in [0.1, 0.15) is 39.6 Å². The molecule has 1 N–H and O–H groups in total. The average Bonchev–Trinajstić information content (AvgIpc) is 2.83. The van der Waals surface area contributed by atoms with Gasteiger partial charge in [-0.3, -0.25) is 4.79 Å². The molecule has 3 heterocycles. The van der Waals surface area contributed by atoms with E-state index in [1.165, 1.54) is 11.1 Å². The Hall–Kier alpha value is -3.50. The maximum Gasteiger partial charge on any atom is 0.170 e. The van der Waals surface area contributed by atoms with Gasteiger partial charge >= 0.3 is 0 Å². The maximum absolute atomic E-state index is 12.9. The third-order valence-electron chi connectivity index (χ3n) is 6.30. The van der Waals surface area contributed by atoms with Crippen LogP contribution >= 0.6 is 0 Å². The van der Waals surface area contributed by atoms with Crippen molar-refractivity contribution in [1.82, 2.24) is 10.3 Å². The normalized spacial score (nSPS) is 17.7. The second kappa shape index (κ2) is 7.33. The van der Waals surface area contributed by atoms with Crippen LogP contribution in [0.15, 0.2) is 72.8 Å². The fourth-order valence-corrected chi connectivity index (χ4v) is 4.59. The molecule has 2 aliphatic rings. The highest BCUT2D eigenvalue weighted by Crippen LogP contribution is 2.38. The molecule has 0 bridgehead atoms. The first-order chi connectivity index (χ1) is 15.2. The number of carbonyl (C=O) groups excluding carboxylic acids is 1. The van der Waals surface area contributed by atoms with E-state index in [0.29, 0.717) is 17.7 Å². The number of nitrogens with zero attached hydrogens (tertiary/aromatic N) is 1. The number of aromatic nitrogens is 1. The number of rotatable bonds is 2. The maximum atomic E-state index is 12.9. The zero-order valence-corrected chi connectivity index (χ0v) is 17.1. The topological polar surface area (TPSA) is 51.2 Å². The fraction of sp³-hybridized carbons (Fsp3) is 0.185. The van der Waals surface area contributed by atoms with Crippen molar-refractivity contribution in [3.63, 3.8) is 0 Å². The van der Waals surface area contributed by atoms with Gasteiger partial charge in [0.1, 0.15) is 11.9 Å². The van der Waals surface area contributed by atoms with E-state index < -0.39 is 0 Å². The van der Waals surface area contributed by atoms with Gasteiger partial charge in [-0.15, -0.1) is 0 Å². The number of benzene rings is 3. The van der Waals surface area contributed by atoms with Crippen LogP contribution in [-0.2, 0) is 13.0 Å². The number of pyridine rings is 1. The second-order valence-corrected chi connectivity index (χ2v) is 8.29. The van der Waals surface area contributed by atoms with Crippen LogP contribution in [0, 0.1) is 0 Å². The van der Waals surface area contributed by atoms with Gasteiger partial charge in [-0.05, 0) is 53.9 Å². The van der Waals surface area contributed by atoms with E-state index in [2.05, 4.69) is 35.6 Å². The molecule has 4 aromatic rings. The minimum absolute atomic E-state index is 0.128. The van der Waals surface area contributed by atoms with Crippen LogP contribution < -0.4 is 10.1 Å². The van der Waals surface area contributed by atoms with Crippen LogP contribution in [-0.4, -0.2) is 17.3 Å². The Bertz CT molecular complexity index is 1330. The molecule has 0 spiro atoms. The third-order valence-corrected chi connectivity index (χ3v) is 6.30. The molecule has 6 rings (SSSR count). The Morgan fingerprint density at radius 2 is 1.87 bits per heavy atom. The van der Waals surface area contributed by atoms with Gasteiger partial charge in [-0.2, -0.15) is 0 Å². The summed E-state index contributed by atoms with van der Waals surface area (Å²) in [6.45, 7) is 1.90. The molecule has 4 nitrogen and oxygen atoms in total. The summed E-state index contributed by atoms with van der Waals surface area (Å²) in [4.78, 5) is 17.7. The van der Waals surface area contributed by atoms with Gasteiger partial charge in [0, 0.05) is 17.5 Å². The molecule has 4 heteroatoms. The molecule has 0 fully saturated rings. The minimum Gasteiger partial charge on any atom is -0.484 e. The van der Waals surface area contributed by atoms with E-state index in [1.54, 1.807) is 0 Å². The van der Waals surface area contributed by atoms with E-state index in [9.17, 15) is 4.79 Å². The van der Waals surface area contributed by atoms with E-state index in [-0.39, 0.29) is 11.9 Å². The predicted octanol–water partition coefficient (Wildman–Crippen LogP) is 5.25. The van der Waals surface area contributed by atoms with Gasteiger partial charge in [0.25, 0.3) is 0 Å². The van der Waals surface area contributed by atoms with E-state index >= 15 is 0 Å². The Morgan fingerprint density at radius 1 is 0.935 bits per heavy atom. The van der Waals surface area contributed by atoms with Crippen molar-refractivity contribution >= 4 is 16.7 Å². The van der Waals surface area contributed by atoms with Gasteiger partial charge in [-0.1, -0.05) is 48.5 Å². The summed E-state index contributed by atoms with van der Waals surface area (Å²) in [7, 11) is 0. The number of nitrogens with one attached hydrogen (secondary N) is 1. The largest absolute Gasteiger partial charge is 0.484 e.